The normalized spacial score (nSPS) is 15.7. The molecule has 3 rings (SSSR count). The van der Waals surface area contributed by atoms with E-state index in [4.69, 9.17) is 12.2 Å². The Morgan fingerprint density at radius 1 is 1.20 bits per heavy atom. The molecule has 2 N–H and O–H groups in total. The number of thioether (sulfide) groups is 1. The van der Waals surface area contributed by atoms with Gasteiger partial charge in [-0.05, 0) is 35.5 Å². The van der Waals surface area contributed by atoms with Crippen LogP contribution in [0.1, 0.15) is 5.56 Å². The average molecular weight is 370 g/mol. The van der Waals surface area contributed by atoms with Crippen molar-refractivity contribution in [3.63, 3.8) is 0 Å². The number of aromatic hydroxyl groups is 1. The van der Waals surface area contributed by atoms with Crippen LogP contribution in [-0.4, -0.2) is 32.7 Å². The predicted molar refractivity (Wildman–Crippen MR) is 103 cm³/mol. The molecular weight excluding hydrogens is 356 g/mol. The van der Waals surface area contributed by atoms with Crippen molar-refractivity contribution in [2.24, 2.45) is 0 Å². The van der Waals surface area contributed by atoms with Crippen LogP contribution in [0.5, 0.6) is 5.75 Å². The number of anilines is 1. The molecule has 126 valence electrons. The van der Waals surface area contributed by atoms with Gasteiger partial charge >= 0.3 is 0 Å². The Labute approximate surface area is 154 Å². The summed E-state index contributed by atoms with van der Waals surface area (Å²) in [5, 5.41) is 11.8. The van der Waals surface area contributed by atoms with Crippen LogP contribution in [0, 0.1) is 0 Å². The first kappa shape index (κ1) is 17.2. The molecule has 7 heteroatoms. The quantitative estimate of drug-likeness (QED) is 0.632. The molecule has 0 unspecified atom stereocenters. The van der Waals surface area contributed by atoms with Crippen molar-refractivity contribution < 1.29 is 14.7 Å². The fourth-order valence-corrected chi connectivity index (χ4v) is 3.50. The van der Waals surface area contributed by atoms with Gasteiger partial charge < -0.3 is 10.4 Å². The standard InChI is InChI=1S/C18H14N2O3S2/c21-14-8-4-7-13(10-14)19-16(22)11-20-17(24)15(25-18(20)23)9-12-5-2-1-3-6-12/h1-10,21H,11H2,(H,19,22). The Balaban J connectivity index is 1.68. The Bertz CT molecular complexity index is 866. The van der Waals surface area contributed by atoms with Crippen LogP contribution in [0.2, 0.25) is 0 Å². The van der Waals surface area contributed by atoms with E-state index >= 15 is 0 Å². The van der Waals surface area contributed by atoms with E-state index in [9.17, 15) is 14.7 Å². The predicted octanol–water partition coefficient (Wildman–Crippen LogP) is 3.87. The minimum Gasteiger partial charge on any atom is -0.508 e. The number of thiocarbonyl (C=S) groups is 1. The van der Waals surface area contributed by atoms with E-state index < -0.39 is 0 Å². The Morgan fingerprint density at radius 3 is 2.68 bits per heavy atom. The molecule has 0 bridgehead atoms. The lowest BCUT2D eigenvalue weighted by atomic mass is 10.2. The summed E-state index contributed by atoms with van der Waals surface area (Å²) in [4.78, 5) is 26.6. The van der Waals surface area contributed by atoms with Crippen molar-refractivity contribution in [3.8, 4) is 5.75 Å². The fraction of sp³-hybridized carbons (Fsp3) is 0.0556. The summed E-state index contributed by atoms with van der Waals surface area (Å²) < 4.78 is 0. The zero-order chi connectivity index (χ0) is 17.8. The summed E-state index contributed by atoms with van der Waals surface area (Å²) in [7, 11) is 0. The highest BCUT2D eigenvalue weighted by atomic mass is 32.2. The van der Waals surface area contributed by atoms with Gasteiger partial charge in [0.25, 0.3) is 5.24 Å². The number of phenolic OH excluding ortho intramolecular Hbond substituents is 1. The van der Waals surface area contributed by atoms with Gasteiger partial charge in [0.05, 0.1) is 4.91 Å². The van der Waals surface area contributed by atoms with Crippen LogP contribution in [0.4, 0.5) is 10.5 Å². The lowest BCUT2D eigenvalue weighted by molar-refractivity contribution is -0.116. The summed E-state index contributed by atoms with van der Waals surface area (Å²) in [5.41, 5.74) is 1.39. The molecule has 0 aliphatic carbocycles. The first-order valence-corrected chi connectivity index (χ1v) is 8.65. The molecule has 2 amide bonds. The third-order valence-corrected chi connectivity index (χ3v) is 4.90. The molecule has 0 atom stereocenters. The van der Waals surface area contributed by atoms with Crippen LogP contribution in [0.15, 0.2) is 59.5 Å². The Morgan fingerprint density at radius 2 is 1.96 bits per heavy atom. The molecule has 25 heavy (non-hydrogen) atoms. The molecule has 1 heterocycles. The largest absolute Gasteiger partial charge is 0.508 e. The molecular formula is C18H14N2O3S2. The number of carbonyl (C=O) groups is 2. The Kier molecular flexibility index (Phi) is 5.16. The van der Waals surface area contributed by atoms with Crippen LogP contribution >= 0.6 is 24.0 Å². The van der Waals surface area contributed by atoms with Gasteiger partial charge in [0.15, 0.2) is 0 Å². The van der Waals surface area contributed by atoms with E-state index in [0.717, 1.165) is 17.3 Å². The highest BCUT2D eigenvalue weighted by molar-refractivity contribution is 8.19. The van der Waals surface area contributed by atoms with E-state index in [1.54, 1.807) is 12.1 Å². The van der Waals surface area contributed by atoms with Crippen LogP contribution in [0.25, 0.3) is 6.08 Å². The van der Waals surface area contributed by atoms with Crippen LogP contribution in [-0.2, 0) is 4.79 Å². The molecule has 2 aromatic rings. The number of hydrogen-bond acceptors (Lipinski definition) is 5. The lowest BCUT2D eigenvalue weighted by Gasteiger charge is -2.14. The minimum atomic E-state index is -0.386. The second kappa shape index (κ2) is 7.50. The molecule has 1 saturated heterocycles. The zero-order valence-electron chi connectivity index (χ0n) is 13.0. The van der Waals surface area contributed by atoms with Crippen molar-refractivity contribution in [2.75, 3.05) is 11.9 Å². The van der Waals surface area contributed by atoms with Gasteiger partial charge in [-0.15, -0.1) is 0 Å². The molecule has 2 aromatic carbocycles. The van der Waals surface area contributed by atoms with Gasteiger partial charge in [-0.1, -0.05) is 48.6 Å². The van der Waals surface area contributed by atoms with Crippen LogP contribution < -0.4 is 5.32 Å². The van der Waals surface area contributed by atoms with E-state index in [0.29, 0.717) is 15.6 Å². The lowest BCUT2D eigenvalue weighted by Crippen LogP contribution is -2.35. The molecule has 1 aliphatic heterocycles. The number of amides is 2. The maximum Gasteiger partial charge on any atom is 0.292 e. The number of carbonyl (C=O) groups excluding carboxylic acids is 2. The summed E-state index contributed by atoms with van der Waals surface area (Å²) in [6.07, 6.45) is 1.83. The molecule has 5 nitrogen and oxygen atoms in total. The van der Waals surface area contributed by atoms with E-state index in [2.05, 4.69) is 5.32 Å². The summed E-state index contributed by atoms with van der Waals surface area (Å²) >= 11 is 6.35. The number of nitrogens with zero attached hydrogens (tertiary/aromatic N) is 1. The minimum absolute atomic E-state index is 0.0502. The van der Waals surface area contributed by atoms with Gasteiger partial charge in [-0.3, -0.25) is 14.5 Å². The summed E-state index contributed by atoms with van der Waals surface area (Å²) in [6, 6.07) is 15.7. The van der Waals surface area contributed by atoms with E-state index in [1.807, 2.05) is 36.4 Å². The topological polar surface area (TPSA) is 69.6 Å². The fourth-order valence-electron chi connectivity index (χ4n) is 2.26. The number of phenols is 1. The average Bonchev–Trinajstić information content (AvgIpc) is 2.83. The molecule has 1 aliphatic rings. The second-order valence-electron chi connectivity index (χ2n) is 5.28. The number of rotatable bonds is 4. The Hall–Kier alpha value is -2.64. The zero-order valence-corrected chi connectivity index (χ0v) is 14.6. The maximum absolute atomic E-state index is 12.2. The SMILES string of the molecule is O=C(CN1C(=O)SC(=Cc2ccccc2)C1=S)Nc1cccc(O)c1. The van der Waals surface area contributed by atoms with Crippen molar-refractivity contribution >= 4 is 51.9 Å². The van der Waals surface area contributed by atoms with Crippen molar-refractivity contribution in [2.45, 2.75) is 0 Å². The van der Waals surface area contributed by atoms with Gasteiger partial charge in [0.1, 0.15) is 17.3 Å². The highest BCUT2D eigenvalue weighted by Gasteiger charge is 2.33. The summed E-state index contributed by atoms with van der Waals surface area (Å²) in [6.45, 7) is -0.174. The van der Waals surface area contributed by atoms with Gasteiger partial charge in [-0.2, -0.15) is 0 Å². The molecule has 0 saturated carbocycles. The monoisotopic (exact) mass is 370 g/mol. The third-order valence-electron chi connectivity index (χ3n) is 3.40. The van der Waals surface area contributed by atoms with Crippen molar-refractivity contribution in [1.82, 2.24) is 4.90 Å². The summed E-state index contributed by atoms with van der Waals surface area (Å²) in [5.74, 6) is -0.336. The van der Waals surface area contributed by atoms with Crippen LogP contribution in [0.3, 0.4) is 0 Å². The number of nitrogens with one attached hydrogen (secondary N) is 1. The molecule has 0 aromatic heterocycles. The van der Waals surface area contributed by atoms with E-state index in [1.165, 1.54) is 17.0 Å². The first-order valence-electron chi connectivity index (χ1n) is 7.42. The van der Waals surface area contributed by atoms with Crippen molar-refractivity contribution in [3.05, 3.63) is 65.1 Å². The maximum atomic E-state index is 12.2. The van der Waals surface area contributed by atoms with Gasteiger partial charge in [-0.25, -0.2) is 0 Å². The van der Waals surface area contributed by atoms with Gasteiger partial charge in [0, 0.05) is 11.8 Å². The second-order valence-corrected chi connectivity index (χ2v) is 6.66. The van der Waals surface area contributed by atoms with E-state index in [-0.39, 0.29) is 23.4 Å². The first-order chi connectivity index (χ1) is 12.0. The highest BCUT2D eigenvalue weighted by Crippen LogP contribution is 2.33. The smallest absolute Gasteiger partial charge is 0.292 e. The molecule has 0 radical (unpaired) electrons. The van der Waals surface area contributed by atoms with Gasteiger partial charge in [0.2, 0.25) is 5.91 Å². The van der Waals surface area contributed by atoms with Crippen molar-refractivity contribution in [1.29, 1.82) is 0 Å². The third kappa shape index (κ3) is 4.26. The number of hydrogen-bond donors (Lipinski definition) is 2. The molecule has 0 spiro atoms. The number of benzene rings is 2. The molecule has 1 fully saturated rings.